The van der Waals surface area contributed by atoms with Gasteiger partial charge in [0.25, 0.3) is 0 Å². The van der Waals surface area contributed by atoms with Crippen LogP contribution in [0.1, 0.15) is 37.3 Å². The van der Waals surface area contributed by atoms with Gasteiger partial charge in [0.05, 0.1) is 13.2 Å². The van der Waals surface area contributed by atoms with Gasteiger partial charge in [-0.05, 0) is 37.4 Å². The highest BCUT2D eigenvalue weighted by Gasteiger charge is 2.29. The van der Waals surface area contributed by atoms with Gasteiger partial charge >= 0.3 is 5.97 Å². The van der Waals surface area contributed by atoms with Crippen molar-refractivity contribution in [2.75, 3.05) is 13.2 Å². The lowest BCUT2D eigenvalue weighted by molar-refractivity contribution is -0.151. The fourth-order valence-corrected chi connectivity index (χ4v) is 2.67. The van der Waals surface area contributed by atoms with Crippen molar-refractivity contribution in [2.24, 2.45) is 0 Å². The summed E-state index contributed by atoms with van der Waals surface area (Å²) < 4.78 is 5.17. The summed E-state index contributed by atoms with van der Waals surface area (Å²) in [6.45, 7) is 4.04. The summed E-state index contributed by atoms with van der Waals surface area (Å²) in [4.78, 5) is 14.2. The normalized spacial score (nSPS) is 19.8. The lowest BCUT2D eigenvalue weighted by Gasteiger charge is -2.33. The zero-order valence-corrected chi connectivity index (χ0v) is 12.0. The quantitative estimate of drug-likeness (QED) is 0.837. The molecule has 2 rings (SSSR count). The monoisotopic (exact) mass is 277 g/mol. The topological polar surface area (TPSA) is 49.8 Å². The second-order valence-corrected chi connectivity index (χ2v) is 5.21. The maximum absolute atomic E-state index is 12.0. The number of piperidine rings is 1. The molecule has 1 heterocycles. The molecule has 0 aromatic heterocycles. The first kappa shape index (κ1) is 15.0. The van der Waals surface area contributed by atoms with Gasteiger partial charge < -0.3 is 9.84 Å². The van der Waals surface area contributed by atoms with Crippen LogP contribution >= 0.6 is 0 Å². The molecule has 0 saturated carbocycles. The van der Waals surface area contributed by atoms with Gasteiger partial charge in [-0.25, -0.2) is 0 Å². The zero-order chi connectivity index (χ0) is 14.4. The van der Waals surface area contributed by atoms with Crippen molar-refractivity contribution in [1.82, 2.24) is 4.90 Å². The van der Waals surface area contributed by atoms with Crippen LogP contribution in [0, 0.1) is 0 Å². The van der Waals surface area contributed by atoms with Gasteiger partial charge in [-0.15, -0.1) is 0 Å². The molecule has 0 amide bonds. The average molecular weight is 277 g/mol. The molecule has 4 nitrogen and oxygen atoms in total. The number of hydrogen-bond acceptors (Lipinski definition) is 4. The van der Waals surface area contributed by atoms with E-state index in [1.165, 1.54) is 5.56 Å². The van der Waals surface area contributed by atoms with Crippen molar-refractivity contribution in [3.63, 3.8) is 0 Å². The van der Waals surface area contributed by atoms with E-state index in [-0.39, 0.29) is 18.6 Å². The molecule has 0 aliphatic carbocycles. The summed E-state index contributed by atoms with van der Waals surface area (Å²) in [5, 5.41) is 9.05. The van der Waals surface area contributed by atoms with Crippen molar-refractivity contribution < 1.29 is 14.6 Å². The molecule has 1 saturated heterocycles. The summed E-state index contributed by atoms with van der Waals surface area (Å²) in [5.74, 6) is -0.0980. The molecule has 1 N–H and O–H groups in total. The molecule has 1 atom stereocenters. The minimum atomic E-state index is -0.110. The number of rotatable bonds is 5. The molecule has 1 aromatic carbocycles. The van der Waals surface area contributed by atoms with E-state index in [9.17, 15) is 4.79 Å². The van der Waals surface area contributed by atoms with Crippen molar-refractivity contribution >= 4 is 5.97 Å². The van der Waals surface area contributed by atoms with Gasteiger partial charge in [-0.2, -0.15) is 0 Å². The molecule has 0 radical (unpaired) electrons. The van der Waals surface area contributed by atoms with E-state index in [1.54, 1.807) is 0 Å². The molecular weight excluding hydrogens is 254 g/mol. The highest BCUT2D eigenvalue weighted by atomic mass is 16.5. The van der Waals surface area contributed by atoms with Gasteiger partial charge in [0, 0.05) is 6.54 Å². The molecule has 0 bridgehead atoms. The Morgan fingerprint density at radius 3 is 2.65 bits per heavy atom. The molecule has 1 aliphatic heterocycles. The van der Waals surface area contributed by atoms with Crippen molar-refractivity contribution in [1.29, 1.82) is 0 Å². The maximum atomic E-state index is 12.0. The highest BCUT2D eigenvalue weighted by Crippen LogP contribution is 2.21. The number of aliphatic hydroxyl groups is 1. The minimum absolute atomic E-state index is 0.0649. The zero-order valence-electron chi connectivity index (χ0n) is 12.0. The third-order valence-corrected chi connectivity index (χ3v) is 3.76. The number of nitrogens with zero attached hydrogens (tertiary/aromatic N) is 1. The van der Waals surface area contributed by atoms with E-state index < -0.39 is 0 Å². The number of carbonyl (C=O) groups is 1. The van der Waals surface area contributed by atoms with E-state index in [1.807, 2.05) is 31.2 Å². The van der Waals surface area contributed by atoms with Crippen LogP contribution < -0.4 is 0 Å². The molecule has 1 aliphatic rings. The molecule has 110 valence electrons. The summed E-state index contributed by atoms with van der Waals surface area (Å²) in [6, 6.07) is 7.78. The molecule has 4 heteroatoms. The van der Waals surface area contributed by atoms with E-state index in [4.69, 9.17) is 9.84 Å². The Balaban J connectivity index is 2.02. The number of hydrogen-bond donors (Lipinski definition) is 1. The van der Waals surface area contributed by atoms with Crippen LogP contribution in [0.4, 0.5) is 0 Å². The third kappa shape index (κ3) is 3.81. The highest BCUT2D eigenvalue weighted by molar-refractivity contribution is 5.75. The fraction of sp³-hybridized carbons (Fsp3) is 0.562. The first-order chi connectivity index (χ1) is 9.74. The summed E-state index contributed by atoms with van der Waals surface area (Å²) in [5.41, 5.74) is 2.08. The van der Waals surface area contributed by atoms with Gasteiger partial charge in [-0.3, -0.25) is 9.69 Å². The molecular formula is C16H23NO3. The second kappa shape index (κ2) is 7.41. The first-order valence-electron chi connectivity index (χ1n) is 7.34. The van der Waals surface area contributed by atoms with Crippen LogP contribution in [0.25, 0.3) is 0 Å². The number of likely N-dealkylation sites (tertiary alicyclic amines) is 1. The van der Waals surface area contributed by atoms with Crippen LogP contribution in [0.15, 0.2) is 24.3 Å². The molecule has 20 heavy (non-hydrogen) atoms. The van der Waals surface area contributed by atoms with Crippen LogP contribution in [0.5, 0.6) is 0 Å². The van der Waals surface area contributed by atoms with Crippen molar-refractivity contribution in [3.8, 4) is 0 Å². The first-order valence-corrected chi connectivity index (χ1v) is 7.34. The van der Waals surface area contributed by atoms with E-state index >= 15 is 0 Å². The molecule has 1 aromatic rings. The number of aliphatic hydroxyl groups excluding tert-OH is 1. The fourth-order valence-electron chi connectivity index (χ4n) is 2.67. The number of carbonyl (C=O) groups excluding carboxylic acids is 1. The lowest BCUT2D eigenvalue weighted by Crippen LogP contribution is -2.44. The summed E-state index contributed by atoms with van der Waals surface area (Å²) in [6.07, 6.45) is 3.10. The molecule has 0 spiro atoms. The van der Waals surface area contributed by atoms with Crippen molar-refractivity contribution in [3.05, 3.63) is 35.4 Å². The third-order valence-electron chi connectivity index (χ3n) is 3.76. The van der Waals surface area contributed by atoms with Crippen molar-refractivity contribution in [2.45, 2.75) is 45.4 Å². The Morgan fingerprint density at radius 2 is 2.00 bits per heavy atom. The maximum Gasteiger partial charge on any atom is 0.323 e. The smallest absolute Gasteiger partial charge is 0.323 e. The summed E-state index contributed by atoms with van der Waals surface area (Å²) >= 11 is 0. The average Bonchev–Trinajstić information content (AvgIpc) is 2.49. The van der Waals surface area contributed by atoms with Gasteiger partial charge in [0.1, 0.15) is 6.04 Å². The lowest BCUT2D eigenvalue weighted by atomic mass is 10.0. The standard InChI is InChI=1S/C16H23NO3/c1-2-20-16(19)15-5-3-4-10-17(15)11-13-6-8-14(12-18)9-7-13/h6-9,15,18H,2-5,10-12H2,1H3. The predicted molar refractivity (Wildman–Crippen MR) is 77.0 cm³/mol. The second-order valence-electron chi connectivity index (χ2n) is 5.21. The number of benzene rings is 1. The van der Waals surface area contributed by atoms with Crippen LogP contribution in [-0.4, -0.2) is 35.2 Å². The largest absolute Gasteiger partial charge is 0.465 e. The van der Waals surface area contributed by atoms with Gasteiger partial charge in [0.2, 0.25) is 0 Å². The van der Waals surface area contributed by atoms with Gasteiger partial charge in [-0.1, -0.05) is 30.7 Å². The minimum Gasteiger partial charge on any atom is -0.465 e. The predicted octanol–water partition coefficient (Wildman–Crippen LogP) is 2.10. The Hall–Kier alpha value is -1.39. The SMILES string of the molecule is CCOC(=O)C1CCCCN1Cc1ccc(CO)cc1. The summed E-state index contributed by atoms with van der Waals surface area (Å²) in [7, 11) is 0. The molecule has 1 unspecified atom stereocenters. The Bertz CT molecular complexity index is 430. The van der Waals surface area contributed by atoms with Crippen LogP contribution in [0.3, 0.4) is 0 Å². The van der Waals surface area contributed by atoms with Crippen LogP contribution in [-0.2, 0) is 22.7 Å². The molecule has 1 fully saturated rings. The van der Waals surface area contributed by atoms with E-state index in [0.717, 1.165) is 37.9 Å². The van der Waals surface area contributed by atoms with E-state index in [0.29, 0.717) is 6.61 Å². The Kier molecular flexibility index (Phi) is 5.56. The number of esters is 1. The van der Waals surface area contributed by atoms with Crippen LogP contribution in [0.2, 0.25) is 0 Å². The Morgan fingerprint density at radius 1 is 1.30 bits per heavy atom. The van der Waals surface area contributed by atoms with E-state index in [2.05, 4.69) is 4.90 Å². The number of ether oxygens (including phenoxy) is 1. The van der Waals surface area contributed by atoms with Gasteiger partial charge in [0.15, 0.2) is 0 Å². The Labute approximate surface area is 120 Å².